The molecular formula is C29H25N5O. The van der Waals surface area contributed by atoms with Crippen molar-refractivity contribution in [3.8, 4) is 17.2 Å². The fourth-order valence-electron chi connectivity index (χ4n) is 4.78. The van der Waals surface area contributed by atoms with Crippen LogP contribution >= 0.6 is 0 Å². The monoisotopic (exact) mass is 459 g/mol. The lowest BCUT2D eigenvalue weighted by Crippen LogP contribution is -2.38. The number of nitrogens with zero attached hydrogens (tertiary/aromatic N) is 4. The van der Waals surface area contributed by atoms with Gasteiger partial charge in [-0.1, -0.05) is 24.8 Å². The summed E-state index contributed by atoms with van der Waals surface area (Å²) in [6, 6.07) is 22.1. The van der Waals surface area contributed by atoms with Gasteiger partial charge in [-0.25, -0.2) is 9.97 Å². The summed E-state index contributed by atoms with van der Waals surface area (Å²) < 4.78 is 0. The van der Waals surface area contributed by atoms with E-state index in [2.05, 4.69) is 52.2 Å². The summed E-state index contributed by atoms with van der Waals surface area (Å²) in [6.07, 6.45) is 6.77. The van der Waals surface area contributed by atoms with Crippen LogP contribution in [0.3, 0.4) is 0 Å². The van der Waals surface area contributed by atoms with Gasteiger partial charge < -0.3 is 10.2 Å². The highest BCUT2D eigenvalue weighted by molar-refractivity contribution is 5.89. The van der Waals surface area contributed by atoms with Crippen LogP contribution in [0.15, 0.2) is 85.8 Å². The Labute approximate surface area is 204 Å². The highest BCUT2D eigenvalue weighted by Gasteiger charge is 2.25. The predicted molar refractivity (Wildman–Crippen MR) is 138 cm³/mol. The second kappa shape index (κ2) is 9.78. The molecule has 1 amide bonds. The minimum Gasteiger partial charge on any atom is -0.355 e. The lowest BCUT2D eigenvalue weighted by Gasteiger charge is -2.33. The van der Waals surface area contributed by atoms with Gasteiger partial charge in [0.1, 0.15) is 6.33 Å². The fraction of sp³-hybridized carbons (Fsp3) is 0.172. The first-order chi connectivity index (χ1) is 17.1. The molecule has 0 saturated carbocycles. The molecule has 0 radical (unpaired) electrons. The third kappa shape index (κ3) is 4.75. The Morgan fingerprint density at radius 3 is 2.77 bits per heavy atom. The molecule has 3 aromatic carbocycles. The molecule has 1 atom stereocenters. The van der Waals surface area contributed by atoms with Crippen molar-refractivity contribution in [1.29, 1.82) is 5.26 Å². The zero-order valence-corrected chi connectivity index (χ0v) is 19.3. The van der Waals surface area contributed by atoms with Crippen LogP contribution in [0, 0.1) is 11.3 Å². The van der Waals surface area contributed by atoms with Gasteiger partial charge in [0.2, 0.25) is 5.91 Å². The Bertz CT molecular complexity index is 1460. The molecule has 172 valence electrons. The number of likely N-dealkylation sites (tertiary alicyclic amines) is 1. The number of hydrogen-bond donors (Lipinski definition) is 1. The number of anilines is 2. The number of benzene rings is 3. The van der Waals surface area contributed by atoms with Crippen LogP contribution in [-0.4, -0.2) is 33.9 Å². The zero-order valence-electron chi connectivity index (χ0n) is 19.3. The number of aromatic nitrogens is 2. The maximum atomic E-state index is 12.3. The molecule has 0 aliphatic carbocycles. The van der Waals surface area contributed by atoms with Gasteiger partial charge in [0.15, 0.2) is 0 Å². The van der Waals surface area contributed by atoms with Crippen LogP contribution in [0.1, 0.15) is 29.9 Å². The van der Waals surface area contributed by atoms with E-state index in [4.69, 9.17) is 0 Å². The first-order valence-electron chi connectivity index (χ1n) is 11.7. The van der Waals surface area contributed by atoms with Crippen LogP contribution < -0.4 is 5.32 Å². The van der Waals surface area contributed by atoms with Gasteiger partial charge in [-0.2, -0.15) is 5.26 Å². The molecule has 5 rings (SSSR count). The molecule has 1 aliphatic heterocycles. The molecule has 6 nitrogen and oxygen atoms in total. The molecule has 35 heavy (non-hydrogen) atoms. The summed E-state index contributed by atoms with van der Waals surface area (Å²) in [6.45, 7) is 5.07. The normalized spacial score (nSPS) is 15.4. The van der Waals surface area contributed by atoms with Crippen molar-refractivity contribution in [2.24, 2.45) is 0 Å². The molecule has 1 aliphatic rings. The van der Waals surface area contributed by atoms with Crippen LogP contribution in [0.5, 0.6) is 0 Å². The second-order valence-electron chi connectivity index (χ2n) is 8.75. The van der Waals surface area contributed by atoms with E-state index < -0.39 is 0 Å². The van der Waals surface area contributed by atoms with E-state index in [-0.39, 0.29) is 11.8 Å². The van der Waals surface area contributed by atoms with Gasteiger partial charge in [0.05, 0.1) is 17.1 Å². The Morgan fingerprint density at radius 2 is 1.94 bits per heavy atom. The number of nitriles is 1. The van der Waals surface area contributed by atoms with Gasteiger partial charge in [-0.3, -0.25) is 4.79 Å². The molecular weight excluding hydrogens is 434 g/mol. The van der Waals surface area contributed by atoms with Crippen LogP contribution in [0.25, 0.3) is 22.0 Å². The predicted octanol–water partition coefficient (Wildman–Crippen LogP) is 5.80. The average molecular weight is 460 g/mol. The van der Waals surface area contributed by atoms with Gasteiger partial charge in [-0.15, -0.1) is 0 Å². The minimum absolute atomic E-state index is 0.0240. The summed E-state index contributed by atoms with van der Waals surface area (Å²) in [7, 11) is 0. The Morgan fingerprint density at radius 1 is 1.11 bits per heavy atom. The highest BCUT2D eigenvalue weighted by Crippen LogP contribution is 2.35. The van der Waals surface area contributed by atoms with Gasteiger partial charge in [-0.05, 0) is 78.1 Å². The quantitative estimate of drug-likeness (QED) is 0.381. The minimum atomic E-state index is -0.0240. The standard InChI is InChI=1S/C29H25N5O/c1-2-28(35)34-11-5-8-22(18-34)27-15-23(13-24-17-31-19-32-29(24)27)21-7-4-10-26(14-21)33-25-9-3-6-20(12-25)16-30/h2-4,6-7,9-10,12-15,17,19,22,33H,1,5,8,11,18H2. The van der Waals surface area contributed by atoms with Crippen LogP contribution in [0.4, 0.5) is 11.4 Å². The number of hydrogen-bond acceptors (Lipinski definition) is 5. The van der Waals surface area contributed by atoms with E-state index in [1.807, 2.05) is 41.4 Å². The second-order valence-corrected chi connectivity index (χ2v) is 8.75. The van der Waals surface area contributed by atoms with E-state index in [1.165, 1.54) is 6.08 Å². The first kappa shape index (κ1) is 22.3. The lowest BCUT2D eigenvalue weighted by atomic mass is 9.87. The zero-order chi connectivity index (χ0) is 24.2. The number of amides is 1. The van der Waals surface area contributed by atoms with Gasteiger partial charge in [0.25, 0.3) is 0 Å². The highest BCUT2D eigenvalue weighted by atomic mass is 16.2. The van der Waals surface area contributed by atoms with Crippen molar-refractivity contribution in [3.63, 3.8) is 0 Å². The topological polar surface area (TPSA) is 81.9 Å². The molecule has 0 bridgehead atoms. The van der Waals surface area contributed by atoms with Crippen LogP contribution in [-0.2, 0) is 4.79 Å². The van der Waals surface area contributed by atoms with Crippen molar-refractivity contribution in [2.45, 2.75) is 18.8 Å². The summed E-state index contributed by atoms with van der Waals surface area (Å²) in [4.78, 5) is 23.0. The summed E-state index contributed by atoms with van der Waals surface area (Å²) >= 11 is 0. The van der Waals surface area contributed by atoms with Crippen molar-refractivity contribution >= 4 is 28.2 Å². The largest absolute Gasteiger partial charge is 0.355 e. The third-order valence-electron chi connectivity index (χ3n) is 6.46. The maximum Gasteiger partial charge on any atom is 0.245 e. The van der Waals surface area contributed by atoms with E-state index in [9.17, 15) is 10.1 Å². The van der Waals surface area contributed by atoms with E-state index in [0.29, 0.717) is 12.1 Å². The van der Waals surface area contributed by atoms with Crippen LogP contribution in [0.2, 0.25) is 0 Å². The first-order valence-corrected chi connectivity index (χ1v) is 11.7. The number of rotatable bonds is 5. The van der Waals surface area contributed by atoms with E-state index in [1.54, 1.807) is 12.4 Å². The molecule has 0 spiro atoms. The Hall–Kier alpha value is -4.50. The average Bonchev–Trinajstić information content (AvgIpc) is 2.92. The number of piperidine rings is 1. The van der Waals surface area contributed by atoms with Crippen molar-refractivity contribution in [1.82, 2.24) is 14.9 Å². The van der Waals surface area contributed by atoms with E-state index in [0.717, 1.165) is 58.4 Å². The lowest BCUT2D eigenvalue weighted by molar-refractivity contribution is -0.127. The van der Waals surface area contributed by atoms with Gasteiger partial charge in [0, 0.05) is 42.0 Å². The molecule has 1 saturated heterocycles. The molecule has 1 aromatic heterocycles. The number of fused-ring (bicyclic) bond motifs is 1. The number of carbonyl (C=O) groups is 1. The van der Waals surface area contributed by atoms with Crippen molar-refractivity contribution < 1.29 is 4.79 Å². The number of nitrogens with one attached hydrogen (secondary N) is 1. The maximum absolute atomic E-state index is 12.3. The fourth-order valence-corrected chi connectivity index (χ4v) is 4.78. The molecule has 1 fully saturated rings. The molecule has 6 heteroatoms. The SMILES string of the molecule is C=CC(=O)N1CCCC(c2cc(-c3cccc(Nc4cccc(C#N)c4)c3)cc3cncnc23)C1. The smallest absolute Gasteiger partial charge is 0.245 e. The van der Waals surface area contributed by atoms with Crippen molar-refractivity contribution in [3.05, 3.63) is 97.0 Å². The van der Waals surface area contributed by atoms with Crippen molar-refractivity contribution in [2.75, 3.05) is 18.4 Å². The third-order valence-corrected chi connectivity index (χ3v) is 6.46. The molecule has 1 unspecified atom stereocenters. The van der Waals surface area contributed by atoms with E-state index >= 15 is 0 Å². The Balaban J connectivity index is 1.52. The Kier molecular flexibility index (Phi) is 6.23. The molecule has 4 aromatic rings. The number of carbonyl (C=O) groups excluding carboxylic acids is 1. The summed E-state index contributed by atoms with van der Waals surface area (Å²) in [5, 5.41) is 13.6. The summed E-state index contributed by atoms with van der Waals surface area (Å²) in [5.41, 5.74) is 6.62. The molecule has 1 N–H and O–H groups in total. The van der Waals surface area contributed by atoms with Gasteiger partial charge >= 0.3 is 0 Å². The molecule has 2 heterocycles. The summed E-state index contributed by atoms with van der Waals surface area (Å²) in [5.74, 6) is 0.170.